The Hall–Kier alpha value is -2.22. The molecule has 0 bridgehead atoms. The molecule has 0 unspecified atom stereocenters. The van der Waals surface area contributed by atoms with Crippen LogP contribution in [0.15, 0.2) is 6.07 Å². The highest BCUT2D eigenvalue weighted by Crippen LogP contribution is 2.19. The number of carbonyl (C=O) groups is 1. The van der Waals surface area contributed by atoms with Crippen LogP contribution >= 0.6 is 11.3 Å². The number of nitrogens with zero attached hydrogens (tertiary/aromatic N) is 4. The van der Waals surface area contributed by atoms with Gasteiger partial charge >= 0.3 is 0 Å². The van der Waals surface area contributed by atoms with Gasteiger partial charge in [0.1, 0.15) is 10.7 Å². The van der Waals surface area contributed by atoms with E-state index in [0.717, 1.165) is 35.3 Å². The molecule has 7 nitrogen and oxygen atoms in total. The number of hydrogen-bond acceptors (Lipinski definition) is 7. The van der Waals surface area contributed by atoms with Crippen molar-refractivity contribution < 1.29 is 4.79 Å². The lowest BCUT2D eigenvalue weighted by molar-refractivity contribution is 0.0958. The van der Waals surface area contributed by atoms with E-state index in [9.17, 15) is 4.79 Å². The van der Waals surface area contributed by atoms with Gasteiger partial charge in [0.2, 0.25) is 5.95 Å². The first-order valence-electron chi connectivity index (χ1n) is 9.09. The molecule has 1 aliphatic rings. The van der Waals surface area contributed by atoms with Crippen LogP contribution in [0.25, 0.3) is 0 Å². The first-order chi connectivity index (χ1) is 12.5. The molecule has 2 aromatic heterocycles. The predicted molar refractivity (Wildman–Crippen MR) is 105 cm³/mol. The molecule has 0 saturated carbocycles. The van der Waals surface area contributed by atoms with Gasteiger partial charge in [-0.1, -0.05) is 0 Å². The highest BCUT2D eigenvalue weighted by atomic mass is 32.1. The molecule has 1 fully saturated rings. The van der Waals surface area contributed by atoms with Crippen molar-refractivity contribution in [2.45, 2.75) is 40.0 Å². The summed E-state index contributed by atoms with van der Waals surface area (Å²) in [7, 11) is 0. The van der Waals surface area contributed by atoms with E-state index in [0.29, 0.717) is 23.9 Å². The summed E-state index contributed by atoms with van der Waals surface area (Å²) in [5.41, 5.74) is 1.73. The molecule has 3 rings (SSSR count). The normalized spacial score (nSPS) is 14.3. The van der Waals surface area contributed by atoms with Crippen LogP contribution in [0.3, 0.4) is 0 Å². The van der Waals surface area contributed by atoms with E-state index >= 15 is 0 Å². The number of rotatable bonds is 6. The van der Waals surface area contributed by atoms with Gasteiger partial charge in [0.15, 0.2) is 0 Å². The number of aryl methyl sites for hydroxylation is 3. The lowest BCUT2D eigenvalue weighted by atomic mass is 10.1. The van der Waals surface area contributed by atoms with Crippen molar-refractivity contribution in [3.63, 3.8) is 0 Å². The molecule has 2 aromatic rings. The Morgan fingerprint density at radius 3 is 2.58 bits per heavy atom. The lowest BCUT2D eigenvalue weighted by Gasteiger charge is -2.28. The van der Waals surface area contributed by atoms with Gasteiger partial charge in [0.25, 0.3) is 5.91 Å². The fourth-order valence-electron chi connectivity index (χ4n) is 3.09. The number of nitrogens with one attached hydrogen (secondary N) is 2. The first-order valence-corrected chi connectivity index (χ1v) is 9.91. The zero-order valence-electron chi connectivity index (χ0n) is 15.6. The second kappa shape index (κ2) is 8.44. The molecule has 2 N–H and O–H groups in total. The summed E-state index contributed by atoms with van der Waals surface area (Å²) in [6.45, 7) is 8.94. The Labute approximate surface area is 158 Å². The molecular formula is C18H26N6OS. The van der Waals surface area contributed by atoms with Gasteiger partial charge in [-0.25, -0.2) is 9.97 Å². The third-order valence-electron chi connectivity index (χ3n) is 4.32. The molecule has 0 radical (unpaired) electrons. The molecular weight excluding hydrogens is 348 g/mol. The number of hydrogen-bond donors (Lipinski definition) is 2. The van der Waals surface area contributed by atoms with Crippen molar-refractivity contribution in [1.82, 2.24) is 20.3 Å². The topological polar surface area (TPSA) is 83.0 Å². The van der Waals surface area contributed by atoms with Crippen molar-refractivity contribution in [1.29, 1.82) is 0 Å². The molecule has 1 amide bonds. The van der Waals surface area contributed by atoms with Crippen LogP contribution in [0.5, 0.6) is 0 Å². The first kappa shape index (κ1) is 18.6. The van der Waals surface area contributed by atoms with Gasteiger partial charge < -0.3 is 15.5 Å². The summed E-state index contributed by atoms with van der Waals surface area (Å²) in [6.07, 6.45) is 3.73. The van der Waals surface area contributed by atoms with E-state index in [4.69, 9.17) is 0 Å². The minimum Gasteiger partial charge on any atom is -0.356 e. The Bertz CT molecular complexity index is 769. The van der Waals surface area contributed by atoms with Crippen LogP contribution in [0.1, 0.15) is 45.3 Å². The Morgan fingerprint density at radius 1 is 1.12 bits per heavy atom. The minimum atomic E-state index is -0.0749. The lowest BCUT2D eigenvalue weighted by Crippen LogP contribution is -2.31. The van der Waals surface area contributed by atoms with Crippen molar-refractivity contribution >= 4 is 29.0 Å². The second-order valence-electron chi connectivity index (χ2n) is 6.57. The molecule has 140 valence electrons. The molecule has 0 aliphatic carbocycles. The summed E-state index contributed by atoms with van der Waals surface area (Å²) < 4.78 is 0. The quantitative estimate of drug-likeness (QED) is 0.757. The fourth-order valence-corrected chi connectivity index (χ4v) is 3.92. The Morgan fingerprint density at radius 2 is 1.88 bits per heavy atom. The van der Waals surface area contributed by atoms with Crippen molar-refractivity contribution in [3.05, 3.63) is 27.3 Å². The van der Waals surface area contributed by atoms with Crippen LogP contribution in [0, 0.1) is 20.8 Å². The molecule has 0 spiro atoms. The molecule has 1 aliphatic heterocycles. The molecule has 8 heteroatoms. The van der Waals surface area contributed by atoms with Crippen molar-refractivity contribution in [3.8, 4) is 0 Å². The zero-order chi connectivity index (χ0) is 18.5. The standard InChI is InChI=1S/C18H26N6OS/c1-12-11-15(24-9-5-4-6-10-24)23-18(21-12)20-8-7-19-17(25)16-13(2)22-14(3)26-16/h11H,4-10H2,1-3H3,(H,19,25)(H,20,21,23). The van der Waals surface area contributed by atoms with Gasteiger partial charge in [-0.15, -0.1) is 11.3 Å². The van der Waals surface area contributed by atoms with Gasteiger partial charge in [-0.3, -0.25) is 4.79 Å². The number of piperidine rings is 1. The van der Waals surface area contributed by atoms with Gasteiger partial charge in [-0.2, -0.15) is 4.98 Å². The highest BCUT2D eigenvalue weighted by molar-refractivity contribution is 7.13. The van der Waals surface area contributed by atoms with Crippen LogP contribution < -0.4 is 15.5 Å². The second-order valence-corrected chi connectivity index (χ2v) is 7.77. The highest BCUT2D eigenvalue weighted by Gasteiger charge is 2.15. The van der Waals surface area contributed by atoms with E-state index in [1.165, 1.54) is 30.6 Å². The molecule has 26 heavy (non-hydrogen) atoms. The monoisotopic (exact) mass is 374 g/mol. The third-order valence-corrected chi connectivity index (χ3v) is 5.40. The maximum atomic E-state index is 12.2. The van der Waals surface area contributed by atoms with E-state index in [2.05, 4.69) is 30.5 Å². The average molecular weight is 375 g/mol. The maximum Gasteiger partial charge on any atom is 0.263 e. The van der Waals surface area contributed by atoms with E-state index < -0.39 is 0 Å². The van der Waals surface area contributed by atoms with Crippen molar-refractivity contribution in [2.24, 2.45) is 0 Å². The number of thiazole rings is 1. The zero-order valence-corrected chi connectivity index (χ0v) is 16.4. The van der Waals surface area contributed by atoms with Crippen molar-refractivity contribution in [2.75, 3.05) is 36.4 Å². The van der Waals surface area contributed by atoms with E-state index in [1.54, 1.807) is 0 Å². The number of aromatic nitrogens is 3. The molecule has 0 atom stereocenters. The van der Waals surface area contributed by atoms with Gasteiger partial charge in [0.05, 0.1) is 10.7 Å². The number of amides is 1. The maximum absolute atomic E-state index is 12.2. The number of anilines is 2. The van der Waals surface area contributed by atoms with Crippen LogP contribution in [0.4, 0.5) is 11.8 Å². The molecule has 1 saturated heterocycles. The fraction of sp³-hybridized carbons (Fsp3) is 0.556. The largest absolute Gasteiger partial charge is 0.356 e. The van der Waals surface area contributed by atoms with E-state index in [1.807, 2.05) is 26.8 Å². The van der Waals surface area contributed by atoms with Crippen LogP contribution in [-0.4, -0.2) is 47.0 Å². The Kier molecular flexibility index (Phi) is 6.03. The SMILES string of the molecule is Cc1cc(N2CCCCC2)nc(NCCNC(=O)c2sc(C)nc2C)n1. The summed E-state index contributed by atoms with van der Waals surface area (Å²) in [5, 5.41) is 7.04. The predicted octanol–water partition coefficient (Wildman–Crippen LogP) is 2.69. The van der Waals surface area contributed by atoms with E-state index in [-0.39, 0.29) is 5.91 Å². The van der Waals surface area contributed by atoms with Gasteiger partial charge in [-0.05, 0) is 40.0 Å². The number of carbonyl (C=O) groups excluding carboxylic acids is 1. The minimum absolute atomic E-state index is 0.0749. The molecule has 3 heterocycles. The summed E-state index contributed by atoms with van der Waals surface area (Å²) in [6, 6.07) is 2.03. The summed E-state index contributed by atoms with van der Waals surface area (Å²) >= 11 is 1.42. The van der Waals surface area contributed by atoms with Gasteiger partial charge in [0, 0.05) is 37.9 Å². The summed E-state index contributed by atoms with van der Waals surface area (Å²) in [4.78, 5) is 28.6. The Balaban J connectivity index is 1.52. The smallest absolute Gasteiger partial charge is 0.263 e. The molecule has 0 aromatic carbocycles. The average Bonchev–Trinajstić information content (AvgIpc) is 2.97. The van der Waals surface area contributed by atoms with Crippen LogP contribution in [-0.2, 0) is 0 Å². The summed E-state index contributed by atoms with van der Waals surface area (Å²) in [5.74, 6) is 1.53. The third kappa shape index (κ3) is 4.69. The van der Waals surface area contributed by atoms with Crippen LogP contribution in [0.2, 0.25) is 0 Å².